The van der Waals surface area contributed by atoms with Crippen LogP contribution in [0.5, 0.6) is 0 Å². The lowest BCUT2D eigenvalue weighted by molar-refractivity contribution is -0.142. The maximum Gasteiger partial charge on any atom is 0.306 e. The molecule has 0 bridgehead atoms. The molecule has 0 radical (unpaired) electrons. The summed E-state index contributed by atoms with van der Waals surface area (Å²) in [7, 11) is 0. The van der Waals surface area contributed by atoms with Gasteiger partial charge in [0, 0.05) is 12.1 Å². The van der Waals surface area contributed by atoms with Crippen molar-refractivity contribution in [2.75, 3.05) is 0 Å². The SMILES string of the molecule is CCC1CCCC(NC2CCC(C(=O)O)CC2)CC1. The van der Waals surface area contributed by atoms with Gasteiger partial charge in [-0.15, -0.1) is 0 Å². The van der Waals surface area contributed by atoms with Crippen molar-refractivity contribution < 1.29 is 9.90 Å². The van der Waals surface area contributed by atoms with Crippen LogP contribution in [0.25, 0.3) is 0 Å². The molecule has 2 fully saturated rings. The number of hydrogen-bond acceptors (Lipinski definition) is 2. The zero-order valence-corrected chi connectivity index (χ0v) is 12.2. The zero-order valence-electron chi connectivity index (χ0n) is 12.2. The molecule has 2 unspecified atom stereocenters. The minimum atomic E-state index is -0.598. The predicted octanol–water partition coefficient (Wildman–Crippen LogP) is 3.58. The summed E-state index contributed by atoms with van der Waals surface area (Å²) in [6.07, 6.45) is 11.9. The highest BCUT2D eigenvalue weighted by Crippen LogP contribution is 2.28. The second-order valence-electron chi connectivity index (χ2n) is 6.53. The quantitative estimate of drug-likeness (QED) is 0.765. The van der Waals surface area contributed by atoms with Crippen LogP contribution in [0.1, 0.15) is 71.1 Å². The van der Waals surface area contributed by atoms with Gasteiger partial charge in [0.1, 0.15) is 0 Å². The Morgan fingerprint density at radius 3 is 2.26 bits per heavy atom. The summed E-state index contributed by atoms with van der Waals surface area (Å²) in [6, 6.07) is 1.25. The van der Waals surface area contributed by atoms with Gasteiger partial charge in [-0.3, -0.25) is 4.79 Å². The van der Waals surface area contributed by atoms with Crippen LogP contribution >= 0.6 is 0 Å². The van der Waals surface area contributed by atoms with E-state index in [9.17, 15) is 4.79 Å². The number of hydrogen-bond donors (Lipinski definition) is 2. The Morgan fingerprint density at radius 1 is 1.00 bits per heavy atom. The van der Waals surface area contributed by atoms with Crippen LogP contribution in [0.3, 0.4) is 0 Å². The summed E-state index contributed by atoms with van der Waals surface area (Å²) >= 11 is 0. The summed E-state index contributed by atoms with van der Waals surface area (Å²) in [5, 5.41) is 12.8. The largest absolute Gasteiger partial charge is 0.481 e. The van der Waals surface area contributed by atoms with Crippen LogP contribution in [-0.4, -0.2) is 23.2 Å². The molecule has 2 aliphatic carbocycles. The second-order valence-corrected chi connectivity index (χ2v) is 6.53. The minimum absolute atomic E-state index is 0.0864. The Bertz CT molecular complexity index is 284. The van der Waals surface area contributed by atoms with Gasteiger partial charge in [0.2, 0.25) is 0 Å². The van der Waals surface area contributed by atoms with Crippen LogP contribution in [0.2, 0.25) is 0 Å². The molecule has 3 heteroatoms. The molecule has 0 aromatic heterocycles. The van der Waals surface area contributed by atoms with Crippen molar-refractivity contribution in [2.24, 2.45) is 11.8 Å². The molecule has 0 aromatic carbocycles. The van der Waals surface area contributed by atoms with E-state index in [4.69, 9.17) is 5.11 Å². The monoisotopic (exact) mass is 267 g/mol. The molecule has 0 saturated heterocycles. The number of carboxylic acid groups (broad SMARTS) is 1. The smallest absolute Gasteiger partial charge is 0.306 e. The highest BCUT2D eigenvalue weighted by molar-refractivity contribution is 5.70. The highest BCUT2D eigenvalue weighted by Gasteiger charge is 2.27. The van der Waals surface area contributed by atoms with E-state index in [0.717, 1.165) is 31.6 Å². The fourth-order valence-electron chi connectivity index (χ4n) is 3.79. The standard InChI is InChI=1S/C16H29NO2/c1-2-12-4-3-5-14(9-6-12)17-15-10-7-13(8-11-15)16(18)19/h12-15,17H,2-11H2,1H3,(H,18,19). The topological polar surface area (TPSA) is 49.3 Å². The lowest BCUT2D eigenvalue weighted by Gasteiger charge is -2.30. The average molecular weight is 267 g/mol. The molecule has 2 saturated carbocycles. The maximum atomic E-state index is 10.9. The zero-order chi connectivity index (χ0) is 13.7. The Morgan fingerprint density at radius 2 is 1.63 bits per heavy atom. The van der Waals surface area contributed by atoms with Gasteiger partial charge in [0.25, 0.3) is 0 Å². The molecule has 0 aliphatic heterocycles. The molecule has 3 nitrogen and oxygen atoms in total. The van der Waals surface area contributed by atoms with E-state index in [-0.39, 0.29) is 5.92 Å². The van der Waals surface area contributed by atoms with Crippen molar-refractivity contribution in [1.29, 1.82) is 0 Å². The highest BCUT2D eigenvalue weighted by atomic mass is 16.4. The van der Waals surface area contributed by atoms with Crippen molar-refractivity contribution in [1.82, 2.24) is 5.32 Å². The van der Waals surface area contributed by atoms with Crippen molar-refractivity contribution in [3.8, 4) is 0 Å². The number of rotatable bonds is 4. The summed E-state index contributed by atoms with van der Waals surface area (Å²) in [5.41, 5.74) is 0. The first-order chi connectivity index (χ1) is 9.19. The van der Waals surface area contributed by atoms with E-state index in [1.54, 1.807) is 0 Å². The van der Waals surface area contributed by atoms with Gasteiger partial charge < -0.3 is 10.4 Å². The molecular formula is C16H29NO2. The third kappa shape index (κ3) is 4.48. The van der Waals surface area contributed by atoms with Gasteiger partial charge in [-0.05, 0) is 50.9 Å². The molecular weight excluding hydrogens is 238 g/mol. The molecule has 0 heterocycles. The van der Waals surface area contributed by atoms with Crippen molar-refractivity contribution in [3.63, 3.8) is 0 Å². The van der Waals surface area contributed by atoms with Crippen LogP contribution in [0, 0.1) is 11.8 Å². The Hall–Kier alpha value is -0.570. The van der Waals surface area contributed by atoms with E-state index < -0.39 is 5.97 Å². The van der Waals surface area contributed by atoms with Crippen LogP contribution in [0.15, 0.2) is 0 Å². The molecule has 110 valence electrons. The van der Waals surface area contributed by atoms with E-state index in [1.165, 1.54) is 38.5 Å². The Kier molecular flexibility index (Phi) is 5.68. The first-order valence-corrected chi connectivity index (χ1v) is 8.18. The predicted molar refractivity (Wildman–Crippen MR) is 77.2 cm³/mol. The maximum absolute atomic E-state index is 10.9. The normalized spacial score (nSPS) is 36.7. The molecule has 2 rings (SSSR count). The fraction of sp³-hybridized carbons (Fsp3) is 0.938. The summed E-state index contributed by atoms with van der Waals surface area (Å²) in [6.45, 7) is 2.31. The summed E-state index contributed by atoms with van der Waals surface area (Å²) < 4.78 is 0. The minimum Gasteiger partial charge on any atom is -0.481 e. The van der Waals surface area contributed by atoms with Gasteiger partial charge in [-0.2, -0.15) is 0 Å². The molecule has 0 aromatic rings. The first-order valence-electron chi connectivity index (χ1n) is 8.18. The van der Waals surface area contributed by atoms with Crippen molar-refractivity contribution in [2.45, 2.75) is 83.2 Å². The summed E-state index contributed by atoms with van der Waals surface area (Å²) in [5.74, 6) is 0.255. The third-order valence-corrected chi connectivity index (χ3v) is 5.21. The van der Waals surface area contributed by atoms with Crippen LogP contribution < -0.4 is 5.32 Å². The number of carbonyl (C=O) groups is 1. The Labute approximate surface area is 117 Å². The Balaban J connectivity index is 1.72. The number of aliphatic carboxylic acids is 1. The number of carboxylic acids is 1. The van der Waals surface area contributed by atoms with E-state index >= 15 is 0 Å². The van der Waals surface area contributed by atoms with Crippen molar-refractivity contribution >= 4 is 5.97 Å². The second kappa shape index (κ2) is 7.28. The summed E-state index contributed by atoms with van der Waals surface area (Å²) in [4.78, 5) is 10.9. The van der Waals surface area contributed by atoms with Crippen molar-refractivity contribution in [3.05, 3.63) is 0 Å². The molecule has 2 N–H and O–H groups in total. The fourth-order valence-corrected chi connectivity index (χ4v) is 3.79. The number of nitrogens with one attached hydrogen (secondary N) is 1. The van der Waals surface area contributed by atoms with Crippen LogP contribution in [0.4, 0.5) is 0 Å². The van der Waals surface area contributed by atoms with Gasteiger partial charge in [-0.1, -0.05) is 26.2 Å². The lowest BCUT2D eigenvalue weighted by atomic mass is 9.85. The first kappa shape index (κ1) is 14.8. The van der Waals surface area contributed by atoms with Crippen LogP contribution in [-0.2, 0) is 4.79 Å². The van der Waals surface area contributed by atoms with Gasteiger partial charge >= 0.3 is 5.97 Å². The molecule has 19 heavy (non-hydrogen) atoms. The van der Waals surface area contributed by atoms with E-state index in [0.29, 0.717) is 12.1 Å². The average Bonchev–Trinajstić information content (AvgIpc) is 2.64. The molecule has 0 spiro atoms. The van der Waals surface area contributed by atoms with Gasteiger partial charge in [0.05, 0.1) is 5.92 Å². The van der Waals surface area contributed by atoms with Gasteiger partial charge in [0.15, 0.2) is 0 Å². The third-order valence-electron chi connectivity index (χ3n) is 5.21. The van der Waals surface area contributed by atoms with Gasteiger partial charge in [-0.25, -0.2) is 0 Å². The molecule has 0 amide bonds. The van der Waals surface area contributed by atoms with E-state index in [2.05, 4.69) is 12.2 Å². The van der Waals surface area contributed by atoms with E-state index in [1.807, 2.05) is 0 Å². The molecule has 2 aliphatic rings. The lowest BCUT2D eigenvalue weighted by Crippen LogP contribution is -2.41. The molecule has 2 atom stereocenters.